The summed E-state index contributed by atoms with van der Waals surface area (Å²) in [5, 5.41) is 2.51. The van der Waals surface area contributed by atoms with E-state index in [4.69, 9.17) is 14.2 Å². The molecule has 3 amide bonds. The third-order valence-corrected chi connectivity index (χ3v) is 4.28. The number of hydrogen-bond acceptors (Lipinski definition) is 5. The van der Waals surface area contributed by atoms with Gasteiger partial charge in [0.15, 0.2) is 11.5 Å². The second-order valence-corrected chi connectivity index (χ2v) is 5.92. The molecule has 1 aliphatic heterocycles. The molecule has 146 valence electrons. The zero-order valence-corrected chi connectivity index (χ0v) is 15.6. The van der Waals surface area contributed by atoms with Gasteiger partial charge in [-0.05, 0) is 18.2 Å². The number of nitrogens with zero attached hydrogens (tertiary/aromatic N) is 1. The molecular formula is C20H19FN2O5. The van der Waals surface area contributed by atoms with Gasteiger partial charge in [-0.3, -0.25) is 9.69 Å². The molecule has 0 unspecified atom stereocenters. The van der Waals surface area contributed by atoms with Crippen LogP contribution in [-0.4, -0.2) is 38.2 Å². The highest BCUT2D eigenvalue weighted by Crippen LogP contribution is 2.36. The second kappa shape index (κ2) is 7.99. The summed E-state index contributed by atoms with van der Waals surface area (Å²) in [7, 11) is 4.46. The zero-order valence-electron chi connectivity index (χ0n) is 15.6. The lowest BCUT2D eigenvalue weighted by Gasteiger charge is -2.13. The number of rotatable bonds is 6. The largest absolute Gasteiger partial charge is 0.496 e. The van der Waals surface area contributed by atoms with Crippen LogP contribution in [0.5, 0.6) is 17.2 Å². The van der Waals surface area contributed by atoms with Crippen molar-refractivity contribution in [3.63, 3.8) is 0 Å². The molecule has 28 heavy (non-hydrogen) atoms. The standard InChI is InChI=1S/C20H19FN2O5/c1-26-16-10-18(28-3)17(27-2)9-13(16)8-15-19(24)23(20(25)22-15)11-12-6-4-5-7-14(12)21/h4-10H,11H2,1-3H3,(H,22,25)/b15-8-. The van der Waals surface area contributed by atoms with E-state index < -0.39 is 17.8 Å². The van der Waals surface area contributed by atoms with Crippen LogP contribution in [0.25, 0.3) is 6.08 Å². The van der Waals surface area contributed by atoms with Crippen molar-refractivity contribution < 1.29 is 28.2 Å². The number of nitrogens with one attached hydrogen (secondary N) is 1. The number of imide groups is 1. The third kappa shape index (κ3) is 3.62. The first kappa shape index (κ1) is 19.2. The number of benzene rings is 2. The Balaban J connectivity index is 1.92. The van der Waals surface area contributed by atoms with Gasteiger partial charge in [0.1, 0.15) is 17.3 Å². The van der Waals surface area contributed by atoms with Crippen molar-refractivity contribution in [3.05, 3.63) is 59.0 Å². The third-order valence-electron chi connectivity index (χ3n) is 4.28. The van der Waals surface area contributed by atoms with Gasteiger partial charge in [-0.2, -0.15) is 0 Å². The van der Waals surface area contributed by atoms with Crippen molar-refractivity contribution in [2.45, 2.75) is 6.54 Å². The van der Waals surface area contributed by atoms with Gasteiger partial charge >= 0.3 is 6.03 Å². The van der Waals surface area contributed by atoms with E-state index >= 15 is 0 Å². The van der Waals surface area contributed by atoms with Crippen LogP contribution in [0.4, 0.5) is 9.18 Å². The molecule has 1 aliphatic rings. The predicted octanol–water partition coefficient (Wildman–Crippen LogP) is 2.94. The van der Waals surface area contributed by atoms with Crippen LogP contribution in [0.2, 0.25) is 0 Å². The summed E-state index contributed by atoms with van der Waals surface area (Å²) in [5.74, 6) is 0.284. The fourth-order valence-electron chi connectivity index (χ4n) is 2.83. The Labute approximate surface area is 161 Å². The first-order chi connectivity index (χ1) is 13.5. The number of methoxy groups -OCH3 is 3. The molecular weight excluding hydrogens is 367 g/mol. The lowest BCUT2D eigenvalue weighted by Crippen LogP contribution is -2.30. The summed E-state index contributed by atoms with van der Waals surface area (Å²) >= 11 is 0. The van der Waals surface area contributed by atoms with Gasteiger partial charge in [0.25, 0.3) is 5.91 Å². The summed E-state index contributed by atoms with van der Waals surface area (Å²) in [5.41, 5.74) is 0.805. The normalized spacial score (nSPS) is 15.0. The lowest BCUT2D eigenvalue weighted by atomic mass is 10.1. The zero-order chi connectivity index (χ0) is 20.3. The Morgan fingerprint density at radius 2 is 1.64 bits per heavy atom. The number of amides is 3. The molecule has 0 aliphatic carbocycles. The molecule has 0 aromatic heterocycles. The summed E-state index contributed by atoms with van der Waals surface area (Å²) in [6.45, 7) is -0.169. The molecule has 1 heterocycles. The summed E-state index contributed by atoms with van der Waals surface area (Å²) in [6.07, 6.45) is 1.47. The Kier molecular flexibility index (Phi) is 5.49. The molecule has 1 N–H and O–H groups in total. The van der Waals surface area contributed by atoms with Gasteiger partial charge in [0.2, 0.25) is 0 Å². The SMILES string of the molecule is COc1cc(OC)c(OC)cc1/C=C1\NC(=O)N(Cc2ccccc2F)C1=O. The number of halogens is 1. The molecule has 0 bridgehead atoms. The number of hydrogen-bond donors (Lipinski definition) is 1. The van der Waals surface area contributed by atoms with Crippen molar-refractivity contribution in [3.8, 4) is 17.2 Å². The minimum absolute atomic E-state index is 0.0480. The van der Waals surface area contributed by atoms with Gasteiger partial charge in [0, 0.05) is 17.2 Å². The Bertz CT molecular complexity index is 958. The molecule has 3 rings (SSSR count). The van der Waals surface area contributed by atoms with Crippen LogP contribution in [0.15, 0.2) is 42.1 Å². The summed E-state index contributed by atoms with van der Waals surface area (Å²) in [4.78, 5) is 25.8. The van der Waals surface area contributed by atoms with E-state index in [1.807, 2.05) is 0 Å². The topological polar surface area (TPSA) is 77.1 Å². The molecule has 1 saturated heterocycles. The molecule has 7 nitrogen and oxygen atoms in total. The molecule has 0 spiro atoms. The van der Waals surface area contributed by atoms with E-state index in [2.05, 4.69) is 5.32 Å². The average Bonchev–Trinajstić information content (AvgIpc) is 2.96. The molecule has 0 saturated carbocycles. The predicted molar refractivity (Wildman–Crippen MR) is 99.6 cm³/mol. The van der Waals surface area contributed by atoms with Crippen molar-refractivity contribution in [2.24, 2.45) is 0 Å². The minimum Gasteiger partial charge on any atom is -0.496 e. The van der Waals surface area contributed by atoms with E-state index in [1.165, 1.54) is 39.5 Å². The van der Waals surface area contributed by atoms with E-state index in [1.54, 1.807) is 24.3 Å². The van der Waals surface area contributed by atoms with Crippen LogP contribution in [-0.2, 0) is 11.3 Å². The average molecular weight is 386 g/mol. The van der Waals surface area contributed by atoms with E-state index in [0.29, 0.717) is 22.8 Å². The number of ether oxygens (including phenoxy) is 3. The highest BCUT2D eigenvalue weighted by atomic mass is 19.1. The van der Waals surface area contributed by atoms with Crippen molar-refractivity contribution >= 4 is 18.0 Å². The van der Waals surface area contributed by atoms with E-state index in [0.717, 1.165) is 4.90 Å². The number of urea groups is 1. The maximum absolute atomic E-state index is 13.9. The van der Waals surface area contributed by atoms with Crippen LogP contribution >= 0.6 is 0 Å². The van der Waals surface area contributed by atoms with Crippen LogP contribution < -0.4 is 19.5 Å². The van der Waals surface area contributed by atoms with E-state index in [-0.39, 0.29) is 17.8 Å². The minimum atomic E-state index is -0.626. The van der Waals surface area contributed by atoms with E-state index in [9.17, 15) is 14.0 Å². The summed E-state index contributed by atoms with van der Waals surface area (Å²) in [6, 6.07) is 8.60. The first-order valence-electron chi connectivity index (χ1n) is 8.36. The highest BCUT2D eigenvalue weighted by molar-refractivity contribution is 6.14. The molecule has 0 atom stereocenters. The maximum atomic E-state index is 13.9. The van der Waals surface area contributed by atoms with Crippen molar-refractivity contribution in [2.75, 3.05) is 21.3 Å². The quantitative estimate of drug-likeness (QED) is 0.610. The smallest absolute Gasteiger partial charge is 0.329 e. The number of carbonyl (C=O) groups excluding carboxylic acids is 2. The van der Waals surface area contributed by atoms with Gasteiger partial charge in [-0.1, -0.05) is 18.2 Å². The fourth-order valence-corrected chi connectivity index (χ4v) is 2.83. The van der Waals surface area contributed by atoms with Gasteiger partial charge in [-0.15, -0.1) is 0 Å². The van der Waals surface area contributed by atoms with Crippen molar-refractivity contribution in [1.82, 2.24) is 10.2 Å². The van der Waals surface area contributed by atoms with Gasteiger partial charge in [0.05, 0.1) is 27.9 Å². The van der Waals surface area contributed by atoms with Crippen LogP contribution in [0.1, 0.15) is 11.1 Å². The highest BCUT2D eigenvalue weighted by Gasteiger charge is 2.34. The van der Waals surface area contributed by atoms with Crippen molar-refractivity contribution in [1.29, 1.82) is 0 Å². The van der Waals surface area contributed by atoms with Gasteiger partial charge in [-0.25, -0.2) is 9.18 Å². The second-order valence-electron chi connectivity index (χ2n) is 5.92. The molecule has 0 radical (unpaired) electrons. The maximum Gasteiger partial charge on any atom is 0.329 e. The molecule has 2 aromatic rings. The monoisotopic (exact) mass is 386 g/mol. The molecule has 1 fully saturated rings. The molecule has 8 heteroatoms. The Morgan fingerprint density at radius 3 is 2.29 bits per heavy atom. The fraction of sp³-hybridized carbons (Fsp3) is 0.200. The summed E-state index contributed by atoms with van der Waals surface area (Å²) < 4.78 is 29.7. The lowest BCUT2D eigenvalue weighted by molar-refractivity contribution is -0.123. The van der Waals surface area contributed by atoms with Gasteiger partial charge < -0.3 is 19.5 Å². The molecule has 2 aromatic carbocycles. The van der Waals surface area contributed by atoms with Crippen LogP contribution in [0, 0.1) is 5.82 Å². The van der Waals surface area contributed by atoms with Crippen LogP contribution in [0.3, 0.4) is 0 Å². The Hall–Kier alpha value is -3.55. The number of carbonyl (C=O) groups is 2. The Morgan fingerprint density at radius 1 is 1.00 bits per heavy atom. The first-order valence-corrected chi connectivity index (χ1v) is 8.36.